The first-order chi connectivity index (χ1) is 30.2. The van der Waals surface area contributed by atoms with Crippen molar-refractivity contribution in [1.29, 1.82) is 0 Å². The van der Waals surface area contributed by atoms with Gasteiger partial charge in [-0.05, 0) is 70.2 Å². The lowest BCUT2D eigenvalue weighted by atomic mass is 9.74. The van der Waals surface area contributed by atoms with Crippen LogP contribution in [0.2, 0.25) is 0 Å². The number of nitrogens with zero attached hydrogens (tertiary/aromatic N) is 6. The van der Waals surface area contributed by atoms with Crippen LogP contribution in [0.4, 0.5) is 9.93 Å². The number of carbonyl (C=O) groups is 4. The Morgan fingerprint density at radius 2 is 1.64 bits per heavy atom. The van der Waals surface area contributed by atoms with E-state index in [2.05, 4.69) is 14.4 Å². The maximum Gasteiger partial charge on any atom is 0.418 e. The number of hydroxylamine groups is 2. The normalized spacial score (nSPS) is 17.1. The summed E-state index contributed by atoms with van der Waals surface area (Å²) in [6.45, 7) is 9.02. The number of pyridine rings is 1. The summed E-state index contributed by atoms with van der Waals surface area (Å²) in [4.78, 5) is 70.0. The van der Waals surface area contributed by atoms with Gasteiger partial charge in [0.05, 0.1) is 23.3 Å². The van der Waals surface area contributed by atoms with Crippen molar-refractivity contribution in [2.75, 3.05) is 25.4 Å². The number of ketones is 1. The highest BCUT2D eigenvalue weighted by Crippen LogP contribution is 2.41. The van der Waals surface area contributed by atoms with Crippen LogP contribution in [0.25, 0.3) is 5.65 Å². The third kappa shape index (κ3) is 10.8. The van der Waals surface area contributed by atoms with Crippen LogP contribution in [-0.2, 0) is 49.8 Å². The van der Waals surface area contributed by atoms with E-state index in [9.17, 15) is 32.1 Å². The molecule has 21 heteroatoms. The molecule has 0 spiro atoms. The fourth-order valence-corrected chi connectivity index (χ4v) is 8.17. The van der Waals surface area contributed by atoms with E-state index in [1.165, 1.54) is 19.2 Å². The van der Waals surface area contributed by atoms with Crippen LogP contribution >= 0.6 is 11.3 Å². The molecule has 2 amide bonds. The summed E-state index contributed by atoms with van der Waals surface area (Å²) in [7, 11) is -5.04. The van der Waals surface area contributed by atoms with Crippen molar-refractivity contribution in [3.8, 4) is 5.75 Å². The molecule has 2 aromatic carbocycles. The molecule has 0 bridgehead atoms. The fourth-order valence-electron chi connectivity index (χ4n) is 7.17. The number of ether oxygens (including phenoxy) is 3. The van der Waals surface area contributed by atoms with Crippen LogP contribution in [0.1, 0.15) is 69.7 Å². The smallest absolute Gasteiger partial charge is 0.418 e. The quantitative estimate of drug-likeness (QED) is 0.0400. The minimum atomic E-state index is -5.04. The number of nitrogens with two attached hydrogens (primary N) is 1. The van der Waals surface area contributed by atoms with Crippen LogP contribution in [0.3, 0.4) is 0 Å². The maximum absolute atomic E-state index is 14.2. The molecule has 19 nitrogen and oxygen atoms in total. The molecule has 3 aromatic heterocycles. The highest BCUT2D eigenvalue weighted by Gasteiger charge is 2.57. The predicted octanol–water partition coefficient (Wildman–Crippen LogP) is 5.21. The molecular formula is C43H47N7O12S2. The van der Waals surface area contributed by atoms with Gasteiger partial charge in [-0.25, -0.2) is 19.6 Å². The molecule has 64 heavy (non-hydrogen) atoms. The van der Waals surface area contributed by atoms with Gasteiger partial charge in [0.1, 0.15) is 29.3 Å². The molecule has 3 N–H and O–H groups in total. The Balaban J connectivity index is 1.12. The van der Waals surface area contributed by atoms with Gasteiger partial charge in [0.2, 0.25) is 0 Å². The van der Waals surface area contributed by atoms with Crippen molar-refractivity contribution in [2.45, 2.75) is 70.8 Å². The van der Waals surface area contributed by atoms with Crippen LogP contribution in [0, 0.1) is 11.8 Å². The molecule has 338 valence electrons. The van der Waals surface area contributed by atoms with Gasteiger partial charge in [0.15, 0.2) is 22.7 Å². The maximum atomic E-state index is 14.2. The molecule has 7 rings (SSSR count). The zero-order chi connectivity index (χ0) is 46.0. The Morgan fingerprint density at radius 3 is 2.22 bits per heavy atom. The van der Waals surface area contributed by atoms with Gasteiger partial charge in [0.25, 0.3) is 12.0 Å². The van der Waals surface area contributed by atoms with E-state index >= 15 is 0 Å². The predicted molar refractivity (Wildman–Crippen MR) is 231 cm³/mol. The molecule has 2 atom stereocenters. The van der Waals surface area contributed by atoms with Crippen molar-refractivity contribution >= 4 is 62.0 Å². The first-order valence-electron chi connectivity index (χ1n) is 20.1. The number of Topliss-reactive ketones (excluding diaryl/α,β-unsaturated/α-hetero) is 1. The Morgan fingerprint density at radius 1 is 0.984 bits per heavy atom. The summed E-state index contributed by atoms with van der Waals surface area (Å²) in [5.74, 6) is -3.11. The number of hydrogen-bond donors (Lipinski definition) is 2. The number of likely N-dealkylation sites (tertiary alicyclic amines) is 1. The summed E-state index contributed by atoms with van der Waals surface area (Å²) in [5, 5.41) is 6.11. The second-order valence-corrected chi connectivity index (χ2v) is 18.7. The number of fused-ring (bicyclic) bond motifs is 1. The van der Waals surface area contributed by atoms with E-state index in [0.29, 0.717) is 47.1 Å². The van der Waals surface area contributed by atoms with Crippen molar-refractivity contribution in [3.05, 3.63) is 113 Å². The van der Waals surface area contributed by atoms with E-state index < -0.39 is 70.4 Å². The number of anilines is 1. The van der Waals surface area contributed by atoms with Gasteiger partial charge in [-0.3, -0.25) is 14.1 Å². The number of nitrogen functional groups attached to an aromatic ring is 1. The van der Waals surface area contributed by atoms with E-state index in [4.69, 9.17) is 29.8 Å². The summed E-state index contributed by atoms with van der Waals surface area (Å²) < 4.78 is 55.9. The molecule has 2 unspecified atom stereocenters. The number of aromatic nitrogens is 3. The molecule has 0 saturated carbocycles. The number of carbonyl (C=O) groups excluding carboxylic acids is 4. The molecule has 2 saturated heterocycles. The van der Waals surface area contributed by atoms with Gasteiger partial charge in [-0.15, -0.1) is 15.6 Å². The molecule has 0 radical (unpaired) electrons. The van der Waals surface area contributed by atoms with Crippen molar-refractivity contribution in [1.82, 2.24) is 24.3 Å². The first-order valence-corrected chi connectivity index (χ1v) is 22.4. The average Bonchev–Trinajstić information content (AvgIpc) is 3.84. The summed E-state index contributed by atoms with van der Waals surface area (Å²) >= 11 is 1.00. The van der Waals surface area contributed by atoms with Crippen LogP contribution in [0.5, 0.6) is 5.75 Å². The van der Waals surface area contributed by atoms with Gasteiger partial charge in [-0.1, -0.05) is 65.8 Å². The monoisotopic (exact) mass is 917 g/mol. The van der Waals surface area contributed by atoms with Crippen LogP contribution in [-0.4, -0.2) is 104 Å². The Kier molecular flexibility index (Phi) is 13.1. The Bertz CT molecular complexity index is 2620. The van der Waals surface area contributed by atoms with E-state index in [-0.39, 0.29) is 28.5 Å². The highest BCUT2D eigenvalue weighted by atomic mass is 32.3. The minimum absolute atomic E-state index is 0.0107. The first kappa shape index (κ1) is 45.6. The number of benzene rings is 2. The third-order valence-corrected chi connectivity index (χ3v) is 11.4. The zero-order valence-corrected chi connectivity index (χ0v) is 37.2. The second kappa shape index (κ2) is 18.4. The van der Waals surface area contributed by atoms with Gasteiger partial charge < -0.3 is 34.1 Å². The molecular weight excluding hydrogens is 871 g/mol. The number of imidazole rings is 1. The van der Waals surface area contributed by atoms with E-state index in [0.717, 1.165) is 17.0 Å². The zero-order valence-electron chi connectivity index (χ0n) is 35.5. The highest BCUT2D eigenvalue weighted by molar-refractivity contribution is 7.80. The van der Waals surface area contributed by atoms with Gasteiger partial charge in [-0.2, -0.15) is 13.5 Å². The molecule has 2 fully saturated rings. The molecule has 2 aliphatic heterocycles. The Hall–Kier alpha value is -6.42. The SMILES string of the molecule is CC(C)(C)OC(=O)N1CC(Cc2cn3cc(OCC(O/N=C(\C(=O)CC4C(=O)N(OS(=O)(=O)O)C4(C)C)c4csc(N)n4)C(=O)OC(c4ccccc4)c4ccccc4)ccc3n2)C1. The number of β-lactam (4-membered cyclic amide) rings is 1. The molecule has 0 aliphatic carbocycles. The fraction of sp³-hybridized carbons (Fsp3) is 0.372. The number of hydrogen-bond acceptors (Lipinski definition) is 16. The summed E-state index contributed by atoms with van der Waals surface area (Å²) in [5.41, 5.74) is 6.36. The number of rotatable bonds is 17. The molecule has 5 heterocycles. The summed E-state index contributed by atoms with van der Waals surface area (Å²) in [6.07, 6.45) is 0.848. The van der Waals surface area contributed by atoms with Crippen LogP contribution < -0.4 is 10.5 Å². The van der Waals surface area contributed by atoms with Crippen molar-refractivity contribution in [2.24, 2.45) is 17.0 Å². The Labute approximate surface area is 372 Å². The van der Waals surface area contributed by atoms with Crippen molar-refractivity contribution in [3.63, 3.8) is 0 Å². The number of amides is 2. The molecule has 2 aliphatic rings. The van der Waals surface area contributed by atoms with Gasteiger partial charge >= 0.3 is 22.5 Å². The standard InChI is InChI=1S/C43H47N7O12S2/c1-42(2,3)60-41(54)49-20-26(21-49)18-29-22-48-23-30(16-17-35(48)45-29)58-24-34(39(53)59-37(27-12-8-6-9-13-27)28-14-10-7-11-15-28)61-47-36(32-25-63-40(44)46-32)33(51)19-31-38(52)50(43(31,4)5)62-64(55,56)57/h6-17,22-23,25-26,31,34,37H,18-21,24H2,1-5H3,(H2,44,46)(H,55,56,57)/b47-36-. The van der Waals surface area contributed by atoms with Crippen LogP contribution in [0.15, 0.2) is 95.7 Å². The van der Waals surface area contributed by atoms with Crippen molar-refractivity contribution < 1.29 is 55.5 Å². The van der Waals surface area contributed by atoms with Gasteiger partial charge in [0, 0.05) is 31.1 Å². The van der Waals surface area contributed by atoms with E-state index in [1.54, 1.807) is 51.9 Å². The third-order valence-electron chi connectivity index (χ3n) is 10.4. The lowest BCUT2D eigenvalue weighted by molar-refractivity contribution is -0.228. The largest absolute Gasteiger partial charge is 0.487 e. The lowest BCUT2D eigenvalue weighted by Gasteiger charge is -2.50. The number of esters is 1. The molecule has 5 aromatic rings. The summed E-state index contributed by atoms with van der Waals surface area (Å²) in [6, 6.07) is 21.5. The van der Waals surface area contributed by atoms with E-state index in [1.807, 2.05) is 63.4 Å². The number of thiazole rings is 1. The second-order valence-electron chi connectivity index (χ2n) is 16.8. The lowest BCUT2D eigenvalue weighted by Crippen LogP contribution is -2.68. The number of oxime groups is 1. The minimum Gasteiger partial charge on any atom is -0.487 e. The topological polar surface area (TPSA) is 244 Å². The average molecular weight is 918 g/mol.